The Kier molecular flexibility index (Phi) is 3.80. The summed E-state index contributed by atoms with van der Waals surface area (Å²) in [6.07, 6.45) is 6.17. The van der Waals surface area contributed by atoms with Crippen LogP contribution in [0.15, 0.2) is 72.0 Å². The van der Waals surface area contributed by atoms with Crippen molar-refractivity contribution in [3.8, 4) is 17.0 Å². The molecule has 1 N–H and O–H groups in total. The number of nitrogens with one attached hydrogen (secondary N) is 1. The van der Waals surface area contributed by atoms with Gasteiger partial charge in [0.25, 0.3) is 10.0 Å². The molecule has 0 atom stereocenters. The van der Waals surface area contributed by atoms with E-state index >= 15 is 0 Å². The SMILES string of the molecule is O=S(=O)(Nc1ccc(-c2cn3cccnc3n2)cc1)c1ccc2c(c1)CCO2. The zero-order valence-electron chi connectivity index (χ0n) is 14.7. The Balaban J connectivity index is 1.39. The van der Waals surface area contributed by atoms with E-state index in [-0.39, 0.29) is 4.90 Å². The number of sulfonamides is 1. The topological polar surface area (TPSA) is 85.6 Å². The number of benzene rings is 2. The highest BCUT2D eigenvalue weighted by atomic mass is 32.2. The van der Waals surface area contributed by atoms with Gasteiger partial charge in [-0.25, -0.2) is 18.4 Å². The summed E-state index contributed by atoms with van der Waals surface area (Å²) in [7, 11) is -3.67. The van der Waals surface area contributed by atoms with E-state index in [1.54, 1.807) is 36.5 Å². The monoisotopic (exact) mass is 392 g/mol. The van der Waals surface area contributed by atoms with E-state index in [9.17, 15) is 8.42 Å². The lowest BCUT2D eigenvalue weighted by Crippen LogP contribution is -2.13. The third-order valence-electron chi connectivity index (χ3n) is 4.64. The summed E-state index contributed by atoms with van der Waals surface area (Å²) in [5.74, 6) is 1.37. The van der Waals surface area contributed by atoms with Crippen molar-refractivity contribution in [3.05, 3.63) is 72.7 Å². The van der Waals surface area contributed by atoms with Crippen LogP contribution in [0, 0.1) is 0 Å². The van der Waals surface area contributed by atoms with Crippen molar-refractivity contribution >= 4 is 21.5 Å². The molecule has 0 saturated carbocycles. The number of aromatic nitrogens is 3. The van der Waals surface area contributed by atoms with Gasteiger partial charge in [-0.1, -0.05) is 12.1 Å². The third-order valence-corrected chi connectivity index (χ3v) is 6.02. The molecule has 0 fully saturated rings. The molecule has 2 aromatic carbocycles. The van der Waals surface area contributed by atoms with Crippen molar-refractivity contribution in [1.29, 1.82) is 0 Å². The van der Waals surface area contributed by atoms with Crippen LogP contribution < -0.4 is 9.46 Å². The molecule has 8 heteroatoms. The van der Waals surface area contributed by atoms with E-state index in [0.717, 1.165) is 29.0 Å². The lowest BCUT2D eigenvalue weighted by atomic mass is 10.1. The lowest BCUT2D eigenvalue weighted by molar-refractivity contribution is 0.356. The second kappa shape index (κ2) is 6.35. The molecule has 0 spiro atoms. The van der Waals surface area contributed by atoms with Crippen LogP contribution in [0.4, 0.5) is 5.69 Å². The number of rotatable bonds is 4. The van der Waals surface area contributed by atoms with E-state index in [2.05, 4.69) is 14.7 Å². The lowest BCUT2D eigenvalue weighted by Gasteiger charge is -2.09. The third kappa shape index (κ3) is 2.97. The molecule has 4 aromatic rings. The second-order valence-electron chi connectivity index (χ2n) is 6.50. The Labute approximate surface area is 161 Å². The number of anilines is 1. The van der Waals surface area contributed by atoms with Crippen LogP contribution in [0.3, 0.4) is 0 Å². The van der Waals surface area contributed by atoms with Crippen molar-refractivity contribution < 1.29 is 13.2 Å². The van der Waals surface area contributed by atoms with Gasteiger partial charge in [-0.05, 0) is 42.0 Å². The molecule has 3 heterocycles. The maximum Gasteiger partial charge on any atom is 0.261 e. The van der Waals surface area contributed by atoms with Gasteiger partial charge in [0.05, 0.1) is 17.2 Å². The Morgan fingerprint density at radius 1 is 1.11 bits per heavy atom. The van der Waals surface area contributed by atoms with Crippen molar-refractivity contribution in [2.45, 2.75) is 11.3 Å². The van der Waals surface area contributed by atoms with Gasteiger partial charge in [0.2, 0.25) is 5.78 Å². The van der Waals surface area contributed by atoms with Gasteiger partial charge in [0, 0.05) is 36.3 Å². The molecule has 28 heavy (non-hydrogen) atoms. The van der Waals surface area contributed by atoms with E-state index in [4.69, 9.17) is 4.74 Å². The van der Waals surface area contributed by atoms with Gasteiger partial charge < -0.3 is 4.74 Å². The summed E-state index contributed by atoms with van der Waals surface area (Å²) < 4.78 is 35.3. The molecule has 0 saturated heterocycles. The smallest absolute Gasteiger partial charge is 0.261 e. The molecule has 0 unspecified atom stereocenters. The Morgan fingerprint density at radius 2 is 1.96 bits per heavy atom. The summed E-state index contributed by atoms with van der Waals surface area (Å²) in [6.45, 7) is 0.590. The number of hydrogen-bond donors (Lipinski definition) is 1. The molecular formula is C20H16N4O3S. The van der Waals surface area contributed by atoms with Crippen molar-refractivity contribution in [1.82, 2.24) is 14.4 Å². The van der Waals surface area contributed by atoms with Crippen LogP contribution in [0.25, 0.3) is 17.0 Å². The maximum absolute atomic E-state index is 12.7. The normalized spacial score (nSPS) is 13.3. The van der Waals surface area contributed by atoms with Crippen molar-refractivity contribution in [3.63, 3.8) is 0 Å². The van der Waals surface area contributed by atoms with E-state index in [0.29, 0.717) is 18.1 Å². The molecule has 140 valence electrons. The first kappa shape index (κ1) is 16.8. The number of hydrogen-bond acceptors (Lipinski definition) is 5. The molecule has 2 aromatic heterocycles. The molecule has 1 aliphatic rings. The first-order valence-corrected chi connectivity index (χ1v) is 10.3. The molecular weight excluding hydrogens is 376 g/mol. The van der Waals surface area contributed by atoms with Gasteiger partial charge >= 0.3 is 0 Å². The standard InChI is InChI=1S/C20H16N4O3S/c25-28(26,17-6-7-19-15(12-17)8-11-27-19)23-16-4-2-14(3-5-16)18-13-24-10-1-9-21-20(24)22-18/h1-7,9-10,12-13,23H,8,11H2. The zero-order valence-corrected chi connectivity index (χ0v) is 15.6. The number of imidazole rings is 1. The highest BCUT2D eigenvalue weighted by molar-refractivity contribution is 7.92. The Hall–Kier alpha value is -3.39. The first-order valence-electron chi connectivity index (χ1n) is 8.77. The number of ether oxygens (including phenoxy) is 1. The van der Waals surface area contributed by atoms with Crippen molar-refractivity contribution in [2.24, 2.45) is 0 Å². The predicted molar refractivity (Wildman–Crippen MR) is 105 cm³/mol. The fourth-order valence-electron chi connectivity index (χ4n) is 3.22. The molecule has 7 nitrogen and oxygen atoms in total. The summed E-state index contributed by atoms with van der Waals surface area (Å²) in [6, 6.07) is 13.9. The van der Waals surface area contributed by atoms with Crippen LogP contribution in [0.1, 0.15) is 5.56 Å². The summed E-state index contributed by atoms with van der Waals surface area (Å²) in [5, 5.41) is 0. The molecule has 0 amide bonds. The molecule has 0 radical (unpaired) electrons. The largest absolute Gasteiger partial charge is 0.493 e. The van der Waals surface area contributed by atoms with Crippen LogP contribution in [0.5, 0.6) is 5.75 Å². The van der Waals surface area contributed by atoms with Gasteiger partial charge in [0.15, 0.2) is 0 Å². The maximum atomic E-state index is 12.7. The summed E-state index contributed by atoms with van der Waals surface area (Å²) in [5.41, 5.74) is 3.05. The highest BCUT2D eigenvalue weighted by Crippen LogP contribution is 2.29. The summed E-state index contributed by atoms with van der Waals surface area (Å²) >= 11 is 0. The Morgan fingerprint density at radius 3 is 2.79 bits per heavy atom. The molecule has 0 aliphatic carbocycles. The van der Waals surface area contributed by atoms with Gasteiger partial charge in [-0.15, -0.1) is 0 Å². The fourth-order valence-corrected chi connectivity index (χ4v) is 4.33. The quantitative estimate of drug-likeness (QED) is 0.577. The molecule has 0 bridgehead atoms. The van der Waals surface area contributed by atoms with Gasteiger partial charge in [-0.3, -0.25) is 9.12 Å². The Bertz CT molecular complexity index is 1250. The van der Waals surface area contributed by atoms with Crippen LogP contribution in [-0.2, 0) is 16.4 Å². The highest BCUT2D eigenvalue weighted by Gasteiger charge is 2.19. The average Bonchev–Trinajstić information content (AvgIpc) is 3.34. The van der Waals surface area contributed by atoms with E-state index < -0.39 is 10.0 Å². The average molecular weight is 392 g/mol. The first-order chi connectivity index (χ1) is 13.6. The molecule has 5 rings (SSSR count). The van der Waals surface area contributed by atoms with Crippen molar-refractivity contribution in [2.75, 3.05) is 11.3 Å². The number of fused-ring (bicyclic) bond motifs is 2. The number of nitrogens with zero attached hydrogens (tertiary/aromatic N) is 3. The molecule has 1 aliphatic heterocycles. The summed E-state index contributed by atoms with van der Waals surface area (Å²) in [4.78, 5) is 8.90. The van der Waals surface area contributed by atoms with Gasteiger partial charge in [0.1, 0.15) is 5.75 Å². The van der Waals surface area contributed by atoms with Crippen LogP contribution >= 0.6 is 0 Å². The second-order valence-corrected chi connectivity index (χ2v) is 8.19. The predicted octanol–water partition coefficient (Wildman–Crippen LogP) is 3.13. The fraction of sp³-hybridized carbons (Fsp3) is 0.100. The van der Waals surface area contributed by atoms with Gasteiger partial charge in [-0.2, -0.15) is 0 Å². The van der Waals surface area contributed by atoms with E-state index in [1.165, 1.54) is 0 Å². The minimum Gasteiger partial charge on any atom is -0.493 e. The van der Waals surface area contributed by atoms with Crippen LogP contribution in [-0.4, -0.2) is 29.4 Å². The van der Waals surface area contributed by atoms with Crippen LogP contribution in [0.2, 0.25) is 0 Å². The van der Waals surface area contributed by atoms with E-state index in [1.807, 2.05) is 35.0 Å². The minimum atomic E-state index is -3.67. The zero-order chi connectivity index (χ0) is 19.1. The minimum absolute atomic E-state index is 0.229.